The molecular formula is C22H23N7OS. The number of benzene rings is 1. The number of rotatable bonds is 7. The fraction of sp³-hybridized carbons (Fsp3) is 0.227. The number of hydrogen-bond acceptors (Lipinski definition) is 8. The summed E-state index contributed by atoms with van der Waals surface area (Å²) in [6.45, 7) is 3.35. The van der Waals surface area contributed by atoms with E-state index < -0.39 is 0 Å². The molecule has 2 N–H and O–H groups in total. The Morgan fingerprint density at radius 1 is 1.10 bits per heavy atom. The molecule has 1 amide bonds. The van der Waals surface area contributed by atoms with E-state index in [2.05, 4.69) is 35.5 Å². The van der Waals surface area contributed by atoms with E-state index in [1.165, 1.54) is 11.3 Å². The van der Waals surface area contributed by atoms with Crippen LogP contribution in [0.1, 0.15) is 16.3 Å². The monoisotopic (exact) mass is 433 g/mol. The van der Waals surface area contributed by atoms with Crippen LogP contribution in [0.3, 0.4) is 0 Å². The van der Waals surface area contributed by atoms with Gasteiger partial charge in [0.1, 0.15) is 32.7 Å². The number of nitrogens with one attached hydrogen (secondary N) is 2. The fourth-order valence-electron chi connectivity index (χ4n) is 3.03. The zero-order chi connectivity index (χ0) is 21.8. The smallest absolute Gasteiger partial charge is 0.274 e. The SMILES string of the molecule is Cc1nc(NCCN(C)C)cc(C(=O)Nc2ccccc2-c2nc3cccnc3s2)n1. The van der Waals surface area contributed by atoms with Crippen LogP contribution in [-0.2, 0) is 0 Å². The lowest BCUT2D eigenvalue weighted by molar-refractivity contribution is 0.102. The Balaban J connectivity index is 1.57. The first-order valence-electron chi connectivity index (χ1n) is 9.86. The number of hydrogen-bond donors (Lipinski definition) is 2. The number of para-hydroxylation sites is 1. The van der Waals surface area contributed by atoms with Gasteiger partial charge in [0.25, 0.3) is 5.91 Å². The van der Waals surface area contributed by atoms with Gasteiger partial charge in [-0.1, -0.05) is 23.5 Å². The van der Waals surface area contributed by atoms with Crippen LogP contribution in [0.15, 0.2) is 48.7 Å². The second kappa shape index (κ2) is 9.15. The molecule has 31 heavy (non-hydrogen) atoms. The number of anilines is 2. The van der Waals surface area contributed by atoms with E-state index in [0.29, 0.717) is 23.0 Å². The van der Waals surface area contributed by atoms with Crippen molar-refractivity contribution < 1.29 is 4.79 Å². The Kier molecular flexibility index (Phi) is 6.15. The maximum absolute atomic E-state index is 13.0. The summed E-state index contributed by atoms with van der Waals surface area (Å²) in [6, 6.07) is 13.1. The summed E-state index contributed by atoms with van der Waals surface area (Å²) >= 11 is 1.49. The van der Waals surface area contributed by atoms with Crippen molar-refractivity contribution in [1.82, 2.24) is 24.8 Å². The summed E-state index contributed by atoms with van der Waals surface area (Å²) in [5.74, 6) is 0.864. The molecule has 0 aliphatic rings. The summed E-state index contributed by atoms with van der Waals surface area (Å²) in [5.41, 5.74) is 2.66. The first-order chi connectivity index (χ1) is 15.0. The molecular weight excluding hydrogens is 410 g/mol. The molecule has 0 aliphatic heterocycles. The number of thiazole rings is 1. The number of carbonyl (C=O) groups is 1. The standard InChI is InChI=1S/C22H23N7OS/c1-14-25-18(13-19(26-14)23-11-12-29(2)3)20(30)27-16-8-5-4-7-15(16)21-28-17-9-6-10-24-22(17)31-21/h4-10,13H,11-12H2,1-3H3,(H,27,30)(H,23,25,26). The molecule has 1 aromatic carbocycles. The zero-order valence-electron chi connectivity index (χ0n) is 17.6. The average molecular weight is 434 g/mol. The molecule has 4 rings (SSSR count). The van der Waals surface area contributed by atoms with Crippen molar-refractivity contribution in [3.8, 4) is 10.6 Å². The van der Waals surface area contributed by atoms with Gasteiger partial charge in [0.15, 0.2) is 0 Å². The Hall–Kier alpha value is -3.43. The van der Waals surface area contributed by atoms with Gasteiger partial charge in [-0.3, -0.25) is 4.79 Å². The van der Waals surface area contributed by atoms with Gasteiger partial charge < -0.3 is 15.5 Å². The number of pyridine rings is 1. The lowest BCUT2D eigenvalue weighted by Crippen LogP contribution is -2.22. The molecule has 8 nitrogen and oxygen atoms in total. The molecule has 0 radical (unpaired) electrons. The van der Waals surface area contributed by atoms with E-state index in [-0.39, 0.29) is 5.91 Å². The van der Waals surface area contributed by atoms with Crippen molar-refractivity contribution in [3.63, 3.8) is 0 Å². The largest absolute Gasteiger partial charge is 0.369 e. The van der Waals surface area contributed by atoms with Gasteiger partial charge in [-0.25, -0.2) is 19.9 Å². The maximum Gasteiger partial charge on any atom is 0.274 e. The number of aromatic nitrogens is 4. The molecule has 0 fully saturated rings. The van der Waals surface area contributed by atoms with Gasteiger partial charge in [0, 0.05) is 30.9 Å². The van der Waals surface area contributed by atoms with E-state index in [1.54, 1.807) is 19.2 Å². The van der Waals surface area contributed by atoms with Crippen molar-refractivity contribution in [2.24, 2.45) is 0 Å². The van der Waals surface area contributed by atoms with E-state index >= 15 is 0 Å². The lowest BCUT2D eigenvalue weighted by atomic mass is 10.2. The zero-order valence-corrected chi connectivity index (χ0v) is 18.4. The van der Waals surface area contributed by atoms with Crippen molar-refractivity contribution >= 4 is 39.1 Å². The van der Waals surface area contributed by atoms with Crippen molar-refractivity contribution in [1.29, 1.82) is 0 Å². The van der Waals surface area contributed by atoms with Crippen LogP contribution in [0, 0.1) is 6.92 Å². The number of likely N-dealkylation sites (N-methyl/N-ethyl adjacent to an activating group) is 1. The number of amides is 1. The minimum absolute atomic E-state index is 0.298. The topological polar surface area (TPSA) is 95.9 Å². The van der Waals surface area contributed by atoms with Crippen molar-refractivity contribution in [2.75, 3.05) is 37.8 Å². The second-order valence-electron chi connectivity index (χ2n) is 7.26. The van der Waals surface area contributed by atoms with Crippen LogP contribution in [0.2, 0.25) is 0 Å². The van der Waals surface area contributed by atoms with Crippen LogP contribution in [0.4, 0.5) is 11.5 Å². The van der Waals surface area contributed by atoms with Gasteiger partial charge in [-0.15, -0.1) is 0 Å². The van der Waals surface area contributed by atoms with Crippen LogP contribution in [0.25, 0.3) is 20.9 Å². The van der Waals surface area contributed by atoms with E-state index in [4.69, 9.17) is 0 Å². The summed E-state index contributed by atoms with van der Waals surface area (Å²) in [5, 5.41) is 7.02. The molecule has 4 aromatic rings. The average Bonchev–Trinajstić information content (AvgIpc) is 3.17. The highest BCUT2D eigenvalue weighted by atomic mass is 32.1. The summed E-state index contributed by atoms with van der Waals surface area (Å²) in [4.78, 5) is 33.6. The predicted octanol–water partition coefficient (Wildman–Crippen LogP) is 3.68. The first-order valence-corrected chi connectivity index (χ1v) is 10.7. The molecule has 0 saturated heterocycles. The number of nitrogens with zero attached hydrogens (tertiary/aromatic N) is 5. The highest BCUT2D eigenvalue weighted by Gasteiger charge is 2.16. The summed E-state index contributed by atoms with van der Waals surface area (Å²) in [6.07, 6.45) is 1.75. The summed E-state index contributed by atoms with van der Waals surface area (Å²) in [7, 11) is 4.01. The van der Waals surface area contributed by atoms with Crippen LogP contribution in [-0.4, -0.2) is 57.9 Å². The normalized spacial score (nSPS) is 11.1. The van der Waals surface area contributed by atoms with Crippen LogP contribution < -0.4 is 10.6 Å². The third-order valence-corrected chi connectivity index (χ3v) is 5.52. The molecule has 0 spiro atoms. The second-order valence-corrected chi connectivity index (χ2v) is 8.24. The quantitative estimate of drug-likeness (QED) is 0.459. The Morgan fingerprint density at radius 3 is 2.74 bits per heavy atom. The highest BCUT2D eigenvalue weighted by molar-refractivity contribution is 7.21. The number of carbonyl (C=O) groups excluding carboxylic acids is 1. The molecule has 3 heterocycles. The van der Waals surface area contributed by atoms with Gasteiger partial charge in [-0.05, 0) is 45.3 Å². The maximum atomic E-state index is 13.0. The molecule has 3 aromatic heterocycles. The highest BCUT2D eigenvalue weighted by Crippen LogP contribution is 2.33. The molecule has 0 saturated carbocycles. The first kappa shape index (κ1) is 20.8. The Labute approximate surface area is 184 Å². The number of fused-ring (bicyclic) bond motifs is 1. The fourth-order valence-corrected chi connectivity index (χ4v) is 3.98. The lowest BCUT2D eigenvalue weighted by Gasteiger charge is -2.12. The van der Waals surface area contributed by atoms with Crippen molar-refractivity contribution in [3.05, 3.63) is 60.2 Å². The molecule has 0 atom stereocenters. The molecule has 0 unspecified atom stereocenters. The summed E-state index contributed by atoms with van der Waals surface area (Å²) < 4.78 is 0. The molecule has 0 aliphatic carbocycles. The van der Waals surface area contributed by atoms with Gasteiger partial charge >= 0.3 is 0 Å². The van der Waals surface area contributed by atoms with Crippen LogP contribution in [0.5, 0.6) is 0 Å². The molecule has 0 bridgehead atoms. The van der Waals surface area contributed by atoms with Crippen LogP contribution >= 0.6 is 11.3 Å². The molecule has 158 valence electrons. The van der Waals surface area contributed by atoms with Gasteiger partial charge in [0.05, 0.1) is 5.69 Å². The third-order valence-electron chi connectivity index (χ3n) is 4.51. The third kappa shape index (κ3) is 5.01. The van der Waals surface area contributed by atoms with Crippen molar-refractivity contribution in [2.45, 2.75) is 6.92 Å². The predicted molar refractivity (Wildman–Crippen MR) is 125 cm³/mol. The van der Waals surface area contributed by atoms with Gasteiger partial charge in [0.2, 0.25) is 0 Å². The van der Waals surface area contributed by atoms with E-state index in [0.717, 1.165) is 34.0 Å². The molecule has 9 heteroatoms. The minimum atomic E-state index is -0.298. The van der Waals surface area contributed by atoms with E-state index in [9.17, 15) is 4.79 Å². The van der Waals surface area contributed by atoms with E-state index in [1.807, 2.05) is 50.5 Å². The number of aryl methyl sites for hydroxylation is 1. The Morgan fingerprint density at radius 2 is 1.94 bits per heavy atom. The minimum Gasteiger partial charge on any atom is -0.369 e. The van der Waals surface area contributed by atoms with Gasteiger partial charge in [-0.2, -0.15) is 0 Å². The Bertz CT molecular complexity index is 1190.